The van der Waals surface area contributed by atoms with Crippen LogP contribution in [0.25, 0.3) is 10.9 Å². The molecule has 4 heterocycles. The largest absolute Gasteiger partial charge is 0.493 e. The van der Waals surface area contributed by atoms with Crippen LogP contribution in [0.2, 0.25) is 0 Å². The molecule has 5 atom stereocenters. The van der Waals surface area contributed by atoms with Crippen LogP contribution in [-0.4, -0.2) is 55.0 Å². The number of benzene rings is 2. The molecule has 0 radical (unpaired) electrons. The smallest absolute Gasteiger partial charge is 0.203 e. The Balaban J connectivity index is 1.57. The molecule has 6 heteroatoms. The number of pyridine rings is 1. The molecule has 1 aromatic heterocycles. The first-order valence-corrected chi connectivity index (χ1v) is 12.3. The van der Waals surface area contributed by atoms with Gasteiger partial charge < -0.3 is 23.8 Å². The van der Waals surface area contributed by atoms with E-state index in [0.29, 0.717) is 29.1 Å². The number of ether oxygens (including phenoxy) is 3. The maximum atomic E-state index is 11.9. The maximum absolute atomic E-state index is 11.9. The standard InChI is InChI=1S/C29H35N2O4/c1-5-20-18-31(17-19-14-26(33-2)29(35-4)27(15-19)34-3)13-11-21(20)16-25(31)28(32)23-10-12-30-24-9-7-6-8-22(23)24/h5-10,12,14-15,20-21,25,28,32H,1,11,13,16-18H2,2-4H3/q+1/t20-,21-,25-,28+,31?/m0/s1. The first-order chi connectivity index (χ1) is 17.0. The number of aliphatic hydroxyl groups is 1. The fourth-order valence-electron chi connectivity index (χ4n) is 6.55. The molecular weight excluding hydrogens is 440 g/mol. The highest BCUT2D eigenvalue weighted by Crippen LogP contribution is 2.49. The molecule has 2 bridgehead atoms. The van der Waals surface area contributed by atoms with Crippen molar-refractivity contribution in [3.63, 3.8) is 0 Å². The number of aromatic nitrogens is 1. The number of fused-ring (bicyclic) bond motifs is 4. The number of rotatable bonds is 8. The summed E-state index contributed by atoms with van der Waals surface area (Å²) in [6.45, 7) is 6.92. The lowest BCUT2D eigenvalue weighted by atomic mass is 9.71. The van der Waals surface area contributed by atoms with Crippen molar-refractivity contribution in [3.8, 4) is 17.2 Å². The number of nitrogens with zero attached hydrogens (tertiary/aromatic N) is 2. The molecule has 0 saturated carbocycles. The molecule has 0 amide bonds. The molecule has 6 nitrogen and oxygen atoms in total. The number of quaternary nitrogens is 1. The SMILES string of the molecule is C=C[C@H]1C[N+]2(Cc3cc(OC)c(OC)c(OC)c3)CC[C@H]1C[C@H]2[C@H](O)c1ccnc2ccccc12. The minimum atomic E-state index is -0.585. The van der Waals surface area contributed by atoms with E-state index in [9.17, 15) is 5.11 Å². The fourth-order valence-corrected chi connectivity index (χ4v) is 6.55. The molecule has 3 aliphatic heterocycles. The molecule has 1 N–H and O–H groups in total. The summed E-state index contributed by atoms with van der Waals surface area (Å²) in [5, 5.41) is 12.9. The normalized spacial score (nSPS) is 26.3. The van der Waals surface area contributed by atoms with Gasteiger partial charge in [0.15, 0.2) is 11.5 Å². The van der Waals surface area contributed by atoms with E-state index in [0.717, 1.165) is 59.0 Å². The van der Waals surface area contributed by atoms with Gasteiger partial charge in [-0.15, -0.1) is 6.58 Å². The third-order valence-corrected chi connectivity index (χ3v) is 8.26. The van der Waals surface area contributed by atoms with Crippen LogP contribution < -0.4 is 14.2 Å². The molecule has 6 rings (SSSR count). The van der Waals surface area contributed by atoms with Gasteiger partial charge >= 0.3 is 0 Å². The van der Waals surface area contributed by atoms with Gasteiger partial charge in [-0.05, 0) is 35.7 Å². The molecule has 0 spiro atoms. The Labute approximate surface area is 207 Å². The number of hydrogen-bond donors (Lipinski definition) is 1. The van der Waals surface area contributed by atoms with Gasteiger partial charge in [0.2, 0.25) is 5.75 Å². The van der Waals surface area contributed by atoms with Gasteiger partial charge in [0.05, 0.1) is 39.9 Å². The van der Waals surface area contributed by atoms with Gasteiger partial charge in [-0.25, -0.2) is 0 Å². The predicted molar refractivity (Wildman–Crippen MR) is 137 cm³/mol. The molecule has 3 saturated heterocycles. The fraction of sp³-hybridized carbons (Fsp3) is 0.414. The second-order valence-corrected chi connectivity index (χ2v) is 9.93. The van der Waals surface area contributed by atoms with Crippen molar-refractivity contribution >= 4 is 10.9 Å². The van der Waals surface area contributed by atoms with Crippen LogP contribution in [0.1, 0.15) is 30.1 Å². The minimum Gasteiger partial charge on any atom is -0.493 e. The van der Waals surface area contributed by atoms with E-state index in [1.54, 1.807) is 21.3 Å². The summed E-state index contributed by atoms with van der Waals surface area (Å²) in [5.74, 6) is 2.91. The highest BCUT2D eigenvalue weighted by molar-refractivity contribution is 5.82. The summed E-state index contributed by atoms with van der Waals surface area (Å²) in [6, 6.07) is 14.2. The van der Waals surface area contributed by atoms with Crippen molar-refractivity contribution in [1.29, 1.82) is 0 Å². The van der Waals surface area contributed by atoms with Crippen LogP contribution in [-0.2, 0) is 6.54 Å². The topological polar surface area (TPSA) is 60.8 Å². The Morgan fingerprint density at radius 2 is 1.86 bits per heavy atom. The van der Waals surface area contributed by atoms with Crippen LogP contribution in [0.15, 0.2) is 61.3 Å². The Hall–Kier alpha value is -3.09. The lowest BCUT2D eigenvalue weighted by molar-refractivity contribution is -0.984. The van der Waals surface area contributed by atoms with Crippen molar-refractivity contribution < 1.29 is 23.8 Å². The lowest BCUT2D eigenvalue weighted by Gasteiger charge is -2.58. The number of methoxy groups -OCH3 is 3. The van der Waals surface area contributed by atoms with Crippen LogP contribution in [0.4, 0.5) is 0 Å². The van der Waals surface area contributed by atoms with Crippen molar-refractivity contribution in [3.05, 3.63) is 72.4 Å². The van der Waals surface area contributed by atoms with E-state index in [2.05, 4.69) is 23.7 Å². The van der Waals surface area contributed by atoms with Gasteiger partial charge in [0.1, 0.15) is 18.7 Å². The maximum Gasteiger partial charge on any atom is 0.203 e. The zero-order valence-corrected chi connectivity index (χ0v) is 20.8. The van der Waals surface area contributed by atoms with Crippen molar-refractivity contribution in [2.75, 3.05) is 34.4 Å². The predicted octanol–water partition coefficient (Wildman–Crippen LogP) is 4.91. The Bertz CT molecular complexity index is 1200. The monoisotopic (exact) mass is 475 g/mol. The summed E-state index contributed by atoms with van der Waals surface area (Å²) in [6.07, 6.45) is 5.46. The van der Waals surface area contributed by atoms with Crippen molar-refractivity contribution in [1.82, 2.24) is 4.98 Å². The van der Waals surface area contributed by atoms with Crippen molar-refractivity contribution in [2.24, 2.45) is 11.8 Å². The molecule has 3 aromatic rings. The second-order valence-electron chi connectivity index (χ2n) is 9.93. The molecule has 3 fully saturated rings. The van der Waals surface area contributed by atoms with E-state index in [-0.39, 0.29) is 6.04 Å². The first-order valence-electron chi connectivity index (χ1n) is 12.3. The van der Waals surface area contributed by atoms with E-state index in [4.69, 9.17) is 14.2 Å². The molecule has 1 unspecified atom stereocenters. The molecular formula is C29H35N2O4+. The number of aliphatic hydroxyl groups excluding tert-OH is 1. The Kier molecular flexibility index (Phi) is 6.43. The van der Waals surface area contributed by atoms with Gasteiger partial charge in [0, 0.05) is 35.9 Å². The van der Waals surface area contributed by atoms with Crippen LogP contribution in [0.3, 0.4) is 0 Å². The first kappa shape index (κ1) is 23.6. The molecule has 2 aromatic carbocycles. The molecule has 35 heavy (non-hydrogen) atoms. The molecule has 184 valence electrons. The summed E-state index contributed by atoms with van der Waals surface area (Å²) in [5.41, 5.74) is 2.99. The lowest BCUT2D eigenvalue weighted by Crippen LogP contribution is -2.67. The summed E-state index contributed by atoms with van der Waals surface area (Å²) >= 11 is 0. The van der Waals surface area contributed by atoms with Crippen LogP contribution in [0.5, 0.6) is 17.2 Å². The van der Waals surface area contributed by atoms with Gasteiger partial charge in [-0.3, -0.25) is 4.98 Å². The van der Waals surface area contributed by atoms with E-state index in [1.165, 1.54) is 0 Å². The summed E-state index contributed by atoms with van der Waals surface area (Å²) < 4.78 is 17.6. The van der Waals surface area contributed by atoms with E-state index >= 15 is 0 Å². The van der Waals surface area contributed by atoms with E-state index < -0.39 is 6.10 Å². The zero-order valence-electron chi connectivity index (χ0n) is 20.8. The molecule has 3 aliphatic rings. The quantitative estimate of drug-likeness (QED) is 0.371. The van der Waals surface area contributed by atoms with E-state index in [1.807, 2.05) is 42.6 Å². The van der Waals surface area contributed by atoms with Crippen molar-refractivity contribution in [2.45, 2.75) is 31.5 Å². The average Bonchev–Trinajstić information content (AvgIpc) is 2.91. The number of piperidine rings is 3. The van der Waals surface area contributed by atoms with Crippen LogP contribution in [0, 0.1) is 11.8 Å². The van der Waals surface area contributed by atoms with Gasteiger partial charge in [-0.1, -0.05) is 24.3 Å². The van der Waals surface area contributed by atoms with Gasteiger partial charge in [0.25, 0.3) is 0 Å². The zero-order chi connectivity index (χ0) is 24.6. The summed E-state index contributed by atoms with van der Waals surface area (Å²) in [7, 11) is 4.92. The van der Waals surface area contributed by atoms with Crippen LogP contribution >= 0.6 is 0 Å². The Morgan fingerprint density at radius 1 is 1.11 bits per heavy atom. The minimum absolute atomic E-state index is 0.0786. The Morgan fingerprint density at radius 3 is 2.54 bits per heavy atom. The highest BCUT2D eigenvalue weighted by atomic mass is 16.5. The second kappa shape index (κ2) is 9.51. The average molecular weight is 476 g/mol. The number of para-hydroxylation sites is 1. The molecule has 0 aliphatic carbocycles. The highest BCUT2D eigenvalue weighted by Gasteiger charge is 2.54. The third kappa shape index (κ3) is 4.05. The third-order valence-electron chi connectivity index (χ3n) is 8.26. The summed E-state index contributed by atoms with van der Waals surface area (Å²) in [4.78, 5) is 4.51. The number of hydrogen-bond acceptors (Lipinski definition) is 5. The van der Waals surface area contributed by atoms with Gasteiger partial charge in [-0.2, -0.15) is 0 Å².